The Morgan fingerprint density at radius 3 is 2.54 bits per heavy atom. The van der Waals surface area contributed by atoms with Gasteiger partial charge in [-0.05, 0) is 58.0 Å². The van der Waals surface area contributed by atoms with Gasteiger partial charge in [0.05, 0.1) is 16.4 Å². The largest absolute Gasteiger partial charge is 0.482 e. The van der Waals surface area contributed by atoms with Crippen LogP contribution in [0.1, 0.15) is 26.3 Å². The van der Waals surface area contributed by atoms with Crippen molar-refractivity contribution in [3.05, 3.63) is 56.8 Å². The third-order valence-corrected chi connectivity index (χ3v) is 5.03. The Morgan fingerprint density at radius 2 is 1.82 bits per heavy atom. The van der Waals surface area contributed by atoms with E-state index in [4.69, 9.17) is 9.47 Å². The summed E-state index contributed by atoms with van der Waals surface area (Å²) in [6, 6.07) is 9.59. The third kappa shape index (κ3) is 3.22. The van der Waals surface area contributed by atoms with Gasteiger partial charge in [0.2, 0.25) is 0 Å². The highest BCUT2D eigenvalue weighted by molar-refractivity contribution is 9.10. The van der Waals surface area contributed by atoms with Gasteiger partial charge < -0.3 is 13.9 Å². The minimum atomic E-state index is -0.575. The van der Waals surface area contributed by atoms with Gasteiger partial charge in [0.15, 0.2) is 12.0 Å². The predicted octanol–water partition coefficient (Wildman–Crippen LogP) is 4.84. The predicted molar refractivity (Wildman–Crippen MR) is 114 cm³/mol. The van der Waals surface area contributed by atoms with Crippen LogP contribution in [0.25, 0.3) is 27.2 Å². The number of carbonyl (C=O) groups is 1. The third-order valence-electron chi connectivity index (χ3n) is 4.53. The molecule has 0 unspecified atom stereocenters. The number of hydrogen-bond acceptors (Lipinski definition) is 4. The molecule has 144 valence electrons. The normalized spacial score (nSPS) is 12.2. The van der Waals surface area contributed by atoms with Crippen LogP contribution in [0.4, 0.5) is 0 Å². The van der Waals surface area contributed by atoms with Crippen LogP contribution in [0.15, 0.2) is 45.8 Å². The number of rotatable bonds is 3. The Kier molecular flexibility index (Phi) is 4.34. The summed E-state index contributed by atoms with van der Waals surface area (Å²) in [6.45, 7) is 7.01. The van der Waals surface area contributed by atoms with Crippen molar-refractivity contribution in [2.45, 2.75) is 33.3 Å². The number of pyridine rings is 1. The SMILES string of the molecule is Cc1cn2c3ccc(Br)cc3c3cc(OCC(=O)OC(C)(C)C)cc(c1=O)c32. The molecule has 0 fully saturated rings. The van der Waals surface area contributed by atoms with Crippen molar-refractivity contribution >= 4 is 49.1 Å². The van der Waals surface area contributed by atoms with E-state index >= 15 is 0 Å². The topological polar surface area (TPSA) is 57.0 Å². The van der Waals surface area contributed by atoms with Gasteiger partial charge in [-0.2, -0.15) is 0 Å². The summed E-state index contributed by atoms with van der Waals surface area (Å²) in [6.07, 6.45) is 1.87. The second kappa shape index (κ2) is 6.48. The standard InChI is InChI=1S/C22H20BrNO4/c1-12-10-24-18-6-5-13(23)7-15(18)16-8-14(9-17(20(16)24)21(12)26)27-11-19(25)28-22(2,3)4/h5-10H,11H2,1-4H3. The Labute approximate surface area is 170 Å². The molecule has 5 nitrogen and oxygen atoms in total. The molecule has 0 aliphatic rings. The quantitative estimate of drug-likeness (QED) is 0.427. The maximum atomic E-state index is 12.8. The van der Waals surface area contributed by atoms with E-state index in [9.17, 15) is 9.59 Å². The van der Waals surface area contributed by atoms with E-state index in [2.05, 4.69) is 15.9 Å². The van der Waals surface area contributed by atoms with Gasteiger partial charge in [0, 0.05) is 27.0 Å². The van der Waals surface area contributed by atoms with Crippen LogP contribution in [0.2, 0.25) is 0 Å². The molecule has 0 radical (unpaired) electrons. The lowest BCUT2D eigenvalue weighted by molar-refractivity contribution is -0.157. The summed E-state index contributed by atoms with van der Waals surface area (Å²) in [4.78, 5) is 24.8. The van der Waals surface area contributed by atoms with Crippen LogP contribution >= 0.6 is 15.9 Å². The number of aryl methyl sites for hydroxylation is 1. The number of halogens is 1. The van der Waals surface area contributed by atoms with Gasteiger partial charge in [-0.15, -0.1) is 0 Å². The van der Waals surface area contributed by atoms with Crippen molar-refractivity contribution in [3.8, 4) is 5.75 Å². The lowest BCUT2D eigenvalue weighted by atomic mass is 10.1. The molecule has 0 aliphatic carbocycles. The van der Waals surface area contributed by atoms with Gasteiger partial charge in [-0.25, -0.2) is 4.79 Å². The van der Waals surface area contributed by atoms with Gasteiger partial charge in [0.25, 0.3) is 0 Å². The molecule has 2 heterocycles. The first-order valence-electron chi connectivity index (χ1n) is 8.99. The molecule has 2 aromatic carbocycles. The highest BCUT2D eigenvalue weighted by Gasteiger charge is 2.19. The van der Waals surface area contributed by atoms with E-state index in [0.717, 1.165) is 26.3 Å². The van der Waals surface area contributed by atoms with Crippen molar-refractivity contribution in [3.63, 3.8) is 0 Å². The fraction of sp³-hybridized carbons (Fsp3) is 0.273. The molecule has 4 aromatic rings. The minimum absolute atomic E-state index is 0.0397. The molecule has 28 heavy (non-hydrogen) atoms. The summed E-state index contributed by atoms with van der Waals surface area (Å²) in [7, 11) is 0. The molecular weight excluding hydrogens is 422 g/mol. The van der Waals surface area contributed by atoms with Crippen molar-refractivity contribution < 1.29 is 14.3 Å². The Bertz CT molecular complexity index is 1280. The Morgan fingerprint density at radius 1 is 1.11 bits per heavy atom. The second-order valence-electron chi connectivity index (χ2n) is 7.91. The summed E-state index contributed by atoms with van der Waals surface area (Å²) < 4.78 is 14.0. The molecule has 0 saturated heterocycles. The first kappa shape index (κ1) is 18.7. The monoisotopic (exact) mass is 441 g/mol. The lowest BCUT2D eigenvalue weighted by Crippen LogP contribution is -2.27. The molecular formula is C22H20BrNO4. The molecule has 0 atom stereocenters. The summed E-state index contributed by atoms with van der Waals surface area (Å²) in [5.41, 5.74) is 1.90. The smallest absolute Gasteiger partial charge is 0.344 e. The van der Waals surface area contributed by atoms with E-state index < -0.39 is 11.6 Å². The average Bonchev–Trinajstić information content (AvgIpc) is 2.90. The molecule has 4 rings (SSSR count). The molecule has 2 aromatic heterocycles. The van der Waals surface area contributed by atoms with E-state index in [0.29, 0.717) is 16.7 Å². The van der Waals surface area contributed by atoms with Crippen molar-refractivity contribution in [1.82, 2.24) is 4.40 Å². The average molecular weight is 442 g/mol. The number of ether oxygens (including phenoxy) is 2. The number of aromatic nitrogens is 1. The molecule has 6 heteroatoms. The van der Waals surface area contributed by atoms with Crippen LogP contribution in [0.5, 0.6) is 5.75 Å². The summed E-state index contributed by atoms with van der Waals surface area (Å²) in [5.74, 6) is 0.0178. The number of nitrogens with zero attached hydrogens (tertiary/aromatic N) is 1. The van der Waals surface area contributed by atoms with E-state index in [1.165, 1.54) is 0 Å². The van der Waals surface area contributed by atoms with Crippen LogP contribution < -0.4 is 10.2 Å². The van der Waals surface area contributed by atoms with E-state index in [1.807, 2.05) is 55.6 Å². The zero-order valence-corrected chi connectivity index (χ0v) is 17.7. The second-order valence-corrected chi connectivity index (χ2v) is 8.83. The van der Waals surface area contributed by atoms with E-state index in [1.54, 1.807) is 13.0 Å². The highest BCUT2D eigenvalue weighted by atomic mass is 79.9. The fourth-order valence-electron chi connectivity index (χ4n) is 3.50. The van der Waals surface area contributed by atoms with Gasteiger partial charge in [-0.3, -0.25) is 4.79 Å². The van der Waals surface area contributed by atoms with Gasteiger partial charge in [0.1, 0.15) is 11.4 Å². The number of carbonyl (C=O) groups excluding carboxylic acids is 1. The molecule has 0 spiro atoms. The van der Waals surface area contributed by atoms with Crippen LogP contribution in [0.3, 0.4) is 0 Å². The molecule has 0 N–H and O–H groups in total. The van der Waals surface area contributed by atoms with Crippen molar-refractivity contribution in [2.24, 2.45) is 0 Å². The zero-order chi connectivity index (χ0) is 20.2. The Balaban J connectivity index is 1.87. The lowest BCUT2D eigenvalue weighted by Gasteiger charge is -2.19. The van der Waals surface area contributed by atoms with Crippen LogP contribution in [-0.4, -0.2) is 22.6 Å². The zero-order valence-electron chi connectivity index (χ0n) is 16.1. The molecule has 0 aliphatic heterocycles. The fourth-order valence-corrected chi connectivity index (χ4v) is 3.86. The number of fused-ring (bicyclic) bond motifs is 3. The minimum Gasteiger partial charge on any atom is -0.482 e. The number of esters is 1. The first-order valence-corrected chi connectivity index (χ1v) is 9.78. The summed E-state index contributed by atoms with van der Waals surface area (Å²) >= 11 is 3.52. The number of benzene rings is 2. The maximum absolute atomic E-state index is 12.8. The molecule has 0 amide bonds. The number of hydrogen-bond donors (Lipinski definition) is 0. The van der Waals surface area contributed by atoms with Gasteiger partial charge >= 0.3 is 5.97 Å². The van der Waals surface area contributed by atoms with Crippen LogP contribution in [-0.2, 0) is 9.53 Å². The van der Waals surface area contributed by atoms with Crippen molar-refractivity contribution in [2.75, 3.05) is 6.61 Å². The van der Waals surface area contributed by atoms with Crippen LogP contribution in [0, 0.1) is 6.92 Å². The van der Waals surface area contributed by atoms with E-state index in [-0.39, 0.29) is 12.0 Å². The van der Waals surface area contributed by atoms with Gasteiger partial charge in [-0.1, -0.05) is 15.9 Å². The van der Waals surface area contributed by atoms with Crippen molar-refractivity contribution in [1.29, 1.82) is 0 Å². The summed E-state index contributed by atoms with van der Waals surface area (Å²) in [5, 5.41) is 2.49. The first-order chi connectivity index (χ1) is 13.1. The molecule has 0 bridgehead atoms. The molecule has 0 saturated carbocycles. The Hall–Kier alpha value is -2.60. The highest BCUT2D eigenvalue weighted by Crippen LogP contribution is 2.35. The maximum Gasteiger partial charge on any atom is 0.344 e.